The maximum absolute atomic E-state index is 12.5. The van der Waals surface area contributed by atoms with Crippen molar-refractivity contribution < 1.29 is 33.3 Å². The first-order valence-electron chi connectivity index (χ1n) is 12.3. The molecule has 196 valence electrons. The third-order valence-corrected chi connectivity index (χ3v) is 5.60. The van der Waals surface area contributed by atoms with Gasteiger partial charge >= 0.3 is 12.1 Å². The van der Waals surface area contributed by atoms with Gasteiger partial charge in [0.1, 0.15) is 18.8 Å². The zero-order valence-electron chi connectivity index (χ0n) is 21.7. The zero-order valence-corrected chi connectivity index (χ0v) is 21.7. The summed E-state index contributed by atoms with van der Waals surface area (Å²) in [5.41, 5.74) is 4.26. The number of carbonyl (C=O) groups excluding carboxylic acids is 2. The maximum Gasteiger partial charge on any atom is 0.409 e. The Labute approximate surface area is 213 Å². The van der Waals surface area contributed by atoms with Crippen LogP contribution in [0.3, 0.4) is 0 Å². The fourth-order valence-corrected chi connectivity index (χ4v) is 3.96. The summed E-state index contributed by atoms with van der Waals surface area (Å²) >= 11 is 0. The first-order valence-corrected chi connectivity index (χ1v) is 12.3. The second kappa shape index (κ2) is 13.4. The Bertz CT molecular complexity index is 956. The maximum atomic E-state index is 12.5. The topological polar surface area (TPSA) is 83.5 Å². The molecule has 36 heavy (non-hydrogen) atoms. The number of esters is 1. The van der Waals surface area contributed by atoms with E-state index < -0.39 is 11.6 Å². The highest BCUT2D eigenvalue weighted by molar-refractivity contribution is 5.79. The Morgan fingerprint density at radius 2 is 1.33 bits per heavy atom. The smallest absolute Gasteiger partial charge is 0.409 e. The molecule has 0 unspecified atom stereocenters. The van der Waals surface area contributed by atoms with E-state index in [1.165, 1.54) is 27.2 Å². The molecule has 0 saturated heterocycles. The average Bonchev–Trinajstić information content (AvgIpc) is 3.16. The first kappa shape index (κ1) is 27.6. The quantitative estimate of drug-likeness (QED) is 0.301. The lowest BCUT2D eigenvalue weighted by atomic mass is 9.98. The summed E-state index contributed by atoms with van der Waals surface area (Å²) in [5, 5.41) is 0. The van der Waals surface area contributed by atoms with Crippen LogP contribution < -0.4 is 0 Å². The van der Waals surface area contributed by atoms with Crippen molar-refractivity contribution in [3.05, 3.63) is 59.7 Å². The van der Waals surface area contributed by atoms with E-state index in [1.807, 2.05) is 45.0 Å². The van der Waals surface area contributed by atoms with Gasteiger partial charge in [-0.3, -0.25) is 0 Å². The van der Waals surface area contributed by atoms with Gasteiger partial charge in [-0.1, -0.05) is 48.5 Å². The van der Waals surface area contributed by atoms with Crippen molar-refractivity contribution in [1.29, 1.82) is 0 Å². The van der Waals surface area contributed by atoms with E-state index in [0.29, 0.717) is 46.2 Å². The van der Waals surface area contributed by atoms with Crippen LogP contribution in [-0.4, -0.2) is 82.4 Å². The number of carbonyl (C=O) groups is 2. The predicted molar refractivity (Wildman–Crippen MR) is 136 cm³/mol. The van der Waals surface area contributed by atoms with Crippen molar-refractivity contribution in [2.45, 2.75) is 32.3 Å². The molecule has 0 heterocycles. The van der Waals surface area contributed by atoms with E-state index in [2.05, 4.69) is 24.3 Å². The number of fused-ring (bicyclic) bond motifs is 3. The summed E-state index contributed by atoms with van der Waals surface area (Å²) in [6.45, 7) is 7.84. The Kier molecular flexibility index (Phi) is 10.3. The van der Waals surface area contributed by atoms with Crippen LogP contribution in [0.1, 0.15) is 37.8 Å². The summed E-state index contributed by atoms with van der Waals surface area (Å²) in [4.78, 5) is 25.5. The van der Waals surface area contributed by atoms with Crippen LogP contribution in [0.2, 0.25) is 0 Å². The minimum atomic E-state index is -0.520. The van der Waals surface area contributed by atoms with Crippen LogP contribution in [0, 0.1) is 0 Å². The lowest BCUT2D eigenvalue weighted by molar-refractivity contribution is -0.160. The first-order chi connectivity index (χ1) is 17.3. The van der Waals surface area contributed by atoms with E-state index in [-0.39, 0.29) is 18.6 Å². The van der Waals surface area contributed by atoms with E-state index in [4.69, 9.17) is 23.7 Å². The molecule has 0 atom stereocenters. The predicted octanol–water partition coefficient (Wildman–Crippen LogP) is 4.26. The summed E-state index contributed by atoms with van der Waals surface area (Å²) in [6.07, 6.45) is -0.376. The number of hydrogen-bond donors (Lipinski definition) is 0. The van der Waals surface area contributed by atoms with Gasteiger partial charge in [0.25, 0.3) is 0 Å². The SMILES string of the molecule is CN(CCOCCOCCOCC(=O)OC(C)(C)C)C(=O)OCC1c2ccccc2-c2ccccc21. The highest BCUT2D eigenvalue weighted by Gasteiger charge is 2.29. The average molecular weight is 500 g/mol. The van der Waals surface area contributed by atoms with Crippen molar-refractivity contribution in [2.75, 3.05) is 59.8 Å². The molecule has 8 heteroatoms. The molecule has 1 aliphatic rings. The standard InChI is InChI=1S/C28H37NO7/c1-28(2,3)36-26(30)20-34-18-17-33-16-15-32-14-13-29(4)27(31)35-19-25-23-11-7-5-9-21(23)22-10-6-8-12-24(22)25/h5-12,25H,13-20H2,1-4H3. The Morgan fingerprint density at radius 1 is 0.806 bits per heavy atom. The molecule has 2 aromatic carbocycles. The van der Waals surface area contributed by atoms with Crippen LogP contribution in [0.15, 0.2) is 48.5 Å². The summed E-state index contributed by atoms with van der Waals surface area (Å²) in [5.74, 6) is -0.359. The molecule has 0 bridgehead atoms. The molecule has 0 aliphatic heterocycles. The minimum Gasteiger partial charge on any atom is -0.458 e. The van der Waals surface area contributed by atoms with Crippen molar-refractivity contribution >= 4 is 12.1 Å². The van der Waals surface area contributed by atoms with E-state index in [9.17, 15) is 9.59 Å². The number of hydrogen-bond acceptors (Lipinski definition) is 7. The van der Waals surface area contributed by atoms with Crippen molar-refractivity contribution in [3.8, 4) is 11.1 Å². The fraction of sp³-hybridized carbons (Fsp3) is 0.500. The Morgan fingerprint density at radius 3 is 1.92 bits per heavy atom. The number of ether oxygens (including phenoxy) is 5. The van der Waals surface area contributed by atoms with Gasteiger partial charge in [0, 0.05) is 19.5 Å². The lowest BCUT2D eigenvalue weighted by Crippen LogP contribution is -2.32. The van der Waals surface area contributed by atoms with Crippen molar-refractivity contribution in [3.63, 3.8) is 0 Å². The highest BCUT2D eigenvalue weighted by atomic mass is 16.6. The fourth-order valence-electron chi connectivity index (χ4n) is 3.96. The van der Waals surface area contributed by atoms with E-state index in [0.717, 1.165) is 0 Å². The van der Waals surface area contributed by atoms with Crippen LogP contribution >= 0.6 is 0 Å². The van der Waals surface area contributed by atoms with Gasteiger partial charge in [-0.2, -0.15) is 0 Å². The monoisotopic (exact) mass is 499 g/mol. The number of benzene rings is 2. The Hall–Kier alpha value is -2.94. The van der Waals surface area contributed by atoms with Gasteiger partial charge in [0.15, 0.2) is 0 Å². The molecule has 1 amide bonds. The summed E-state index contributed by atoms with van der Waals surface area (Å²) in [6, 6.07) is 16.5. The number of nitrogens with zero attached hydrogens (tertiary/aromatic N) is 1. The van der Waals surface area contributed by atoms with Gasteiger partial charge in [-0.25, -0.2) is 9.59 Å². The lowest BCUT2D eigenvalue weighted by Gasteiger charge is -2.20. The molecule has 1 aliphatic carbocycles. The van der Waals surface area contributed by atoms with Crippen LogP contribution in [0.25, 0.3) is 11.1 Å². The minimum absolute atomic E-state index is 0.0382. The van der Waals surface area contributed by atoms with Crippen LogP contribution in [0.4, 0.5) is 4.79 Å². The van der Waals surface area contributed by atoms with Gasteiger partial charge in [-0.05, 0) is 43.0 Å². The summed E-state index contributed by atoms with van der Waals surface area (Å²) < 4.78 is 27.0. The normalized spacial score (nSPS) is 12.7. The molecule has 0 saturated carbocycles. The molecule has 0 spiro atoms. The second-order valence-electron chi connectivity index (χ2n) is 9.59. The number of likely N-dealkylation sites (N-methyl/N-ethyl adjacent to an activating group) is 1. The Balaban J connectivity index is 1.25. The molecule has 0 fully saturated rings. The zero-order chi connectivity index (χ0) is 26.0. The van der Waals surface area contributed by atoms with Gasteiger partial charge < -0.3 is 28.6 Å². The highest BCUT2D eigenvalue weighted by Crippen LogP contribution is 2.44. The molecule has 2 aromatic rings. The molecule has 3 rings (SSSR count). The number of rotatable bonds is 13. The van der Waals surface area contributed by atoms with Gasteiger partial charge in [-0.15, -0.1) is 0 Å². The molecular weight excluding hydrogens is 462 g/mol. The van der Waals surface area contributed by atoms with Crippen molar-refractivity contribution in [2.24, 2.45) is 0 Å². The molecule has 0 N–H and O–H groups in total. The molecule has 0 radical (unpaired) electrons. The largest absolute Gasteiger partial charge is 0.458 e. The van der Waals surface area contributed by atoms with Crippen LogP contribution in [0.5, 0.6) is 0 Å². The number of amides is 1. The van der Waals surface area contributed by atoms with E-state index >= 15 is 0 Å². The molecule has 8 nitrogen and oxygen atoms in total. The van der Waals surface area contributed by atoms with Gasteiger partial charge in [0.05, 0.1) is 33.0 Å². The van der Waals surface area contributed by atoms with Crippen LogP contribution in [-0.2, 0) is 28.5 Å². The third-order valence-electron chi connectivity index (χ3n) is 5.60. The van der Waals surface area contributed by atoms with E-state index in [1.54, 1.807) is 7.05 Å². The van der Waals surface area contributed by atoms with Crippen molar-refractivity contribution in [1.82, 2.24) is 4.90 Å². The summed E-state index contributed by atoms with van der Waals surface area (Å²) in [7, 11) is 1.70. The third kappa shape index (κ3) is 8.33. The second-order valence-corrected chi connectivity index (χ2v) is 9.59. The van der Waals surface area contributed by atoms with Gasteiger partial charge in [0.2, 0.25) is 0 Å². The molecular formula is C28H37NO7. The molecule has 0 aromatic heterocycles.